The van der Waals surface area contributed by atoms with Crippen molar-refractivity contribution in [2.75, 3.05) is 10.8 Å². The topological polar surface area (TPSA) is 57.6 Å². The lowest BCUT2D eigenvalue weighted by molar-refractivity contribution is 0.0172. The predicted molar refractivity (Wildman–Crippen MR) is 127 cm³/mol. The van der Waals surface area contributed by atoms with E-state index in [2.05, 4.69) is 0 Å². The van der Waals surface area contributed by atoms with Crippen LogP contribution in [0.15, 0.2) is 65.6 Å². The molecule has 0 saturated carbocycles. The molecule has 0 radical (unpaired) electrons. The van der Waals surface area contributed by atoms with E-state index in [0.29, 0.717) is 23.7 Å². The molecule has 1 aliphatic heterocycles. The predicted octanol–water partition coefficient (Wildman–Crippen LogP) is 5.87. The molecule has 1 aliphatic rings. The number of rotatable bonds is 5. The largest absolute Gasteiger partial charge is 0.391 e. The Morgan fingerprint density at radius 3 is 2.53 bits per heavy atom. The molecule has 0 bridgehead atoms. The van der Waals surface area contributed by atoms with Crippen molar-refractivity contribution < 1.29 is 26.7 Å². The van der Waals surface area contributed by atoms with Crippen LogP contribution in [0.1, 0.15) is 29.2 Å². The first-order valence-corrected chi connectivity index (χ1v) is 12.2. The second-order valence-corrected chi connectivity index (χ2v) is 10.4. The number of aliphatic hydroxyl groups excluding tert-OH is 1. The summed E-state index contributed by atoms with van der Waals surface area (Å²) in [6, 6.07) is 13.9. The van der Waals surface area contributed by atoms with Crippen molar-refractivity contribution in [1.82, 2.24) is 0 Å². The van der Waals surface area contributed by atoms with Crippen LogP contribution in [0.2, 0.25) is 5.02 Å². The maximum absolute atomic E-state index is 14.1. The minimum Gasteiger partial charge on any atom is -0.391 e. The van der Waals surface area contributed by atoms with Gasteiger partial charge in [-0.3, -0.25) is 4.31 Å². The van der Waals surface area contributed by atoms with Gasteiger partial charge in [-0.1, -0.05) is 48.0 Å². The third kappa shape index (κ3) is 4.85. The van der Waals surface area contributed by atoms with Crippen LogP contribution in [0, 0.1) is 5.82 Å². The Kier molecular flexibility index (Phi) is 6.50. The first-order chi connectivity index (χ1) is 16.0. The lowest BCUT2D eigenvalue weighted by Gasteiger charge is -2.33. The molecule has 3 aromatic rings. The summed E-state index contributed by atoms with van der Waals surface area (Å²) in [5.74, 6) is -3.71. The van der Waals surface area contributed by atoms with Crippen molar-refractivity contribution in [3.8, 4) is 0 Å². The average molecular weight is 508 g/mol. The first kappa shape index (κ1) is 24.3. The molecule has 0 unspecified atom stereocenters. The molecule has 1 heterocycles. The Labute approximate surface area is 201 Å². The highest BCUT2D eigenvalue weighted by molar-refractivity contribution is 7.92. The van der Waals surface area contributed by atoms with Gasteiger partial charge in [0, 0.05) is 24.5 Å². The zero-order valence-electron chi connectivity index (χ0n) is 18.1. The number of hydrogen-bond acceptors (Lipinski definition) is 3. The van der Waals surface area contributed by atoms with Gasteiger partial charge in [0.25, 0.3) is 15.9 Å². The quantitative estimate of drug-likeness (QED) is 0.439. The fourth-order valence-corrected chi connectivity index (χ4v) is 5.64. The van der Waals surface area contributed by atoms with E-state index in [1.165, 1.54) is 30.3 Å². The summed E-state index contributed by atoms with van der Waals surface area (Å²) in [6.07, 6.45) is 2.36. The summed E-state index contributed by atoms with van der Waals surface area (Å²) in [6.45, 7) is 0.466. The number of hydrogen-bond donors (Lipinski definition) is 1. The second-order valence-electron chi connectivity index (χ2n) is 8.17. The molecule has 1 atom stereocenters. The van der Waals surface area contributed by atoms with Crippen LogP contribution < -0.4 is 4.31 Å². The number of fused-ring (bicyclic) bond motifs is 1. The van der Waals surface area contributed by atoms with Crippen LogP contribution >= 0.6 is 11.6 Å². The van der Waals surface area contributed by atoms with E-state index in [-0.39, 0.29) is 28.4 Å². The lowest BCUT2D eigenvalue weighted by atomic mass is 9.99. The van der Waals surface area contributed by atoms with Crippen molar-refractivity contribution >= 4 is 39.5 Å². The van der Waals surface area contributed by atoms with Crippen molar-refractivity contribution in [2.45, 2.75) is 30.3 Å². The molecule has 178 valence electrons. The van der Waals surface area contributed by atoms with E-state index in [1.54, 1.807) is 30.3 Å². The molecule has 4 rings (SSSR count). The Morgan fingerprint density at radius 1 is 1.09 bits per heavy atom. The fourth-order valence-electron chi connectivity index (χ4n) is 3.83. The Balaban J connectivity index is 1.75. The average Bonchev–Trinajstić information content (AvgIpc) is 2.78. The lowest BCUT2D eigenvalue weighted by Crippen LogP contribution is -2.42. The molecule has 0 aliphatic carbocycles. The normalized spacial score (nSPS) is 16.6. The van der Waals surface area contributed by atoms with Crippen LogP contribution in [0.5, 0.6) is 0 Å². The van der Waals surface area contributed by atoms with E-state index < -0.39 is 33.4 Å². The molecule has 9 heteroatoms. The zero-order valence-corrected chi connectivity index (χ0v) is 19.6. The number of β-amino-alcohol motifs (C(OH)–C–C–N with tert-alkyl or cyclic N) is 1. The summed E-state index contributed by atoms with van der Waals surface area (Å²) in [7, 11) is -4.25. The summed E-state index contributed by atoms with van der Waals surface area (Å²) in [4.78, 5) is -0.300. The van der Waals surface area contributed by atoms with Gasteiger partial charge in [-0.15, -0.1) is 0 Å². The molecule has 0 spiro atoms. The molecule has 1 N–H and O–H groups in total. The number of halogens is 4. The third-order valence-electron chi connectivity index (χ3n) is 5.58. The highest BCUT2D eigenvalue weighted by Crippen LogP contribution is 2.35. The van der Waals surface area contributed by atoms with Crippen LogP contribution in [-0.4, -0.2) is 26.2 Å². The van der Waals surface area contributed by atoms with Gasteiger partial charge in [-0.05, 0) is 47.5 Å². The number of aliphatic hydroxyl groups is 1. The molecule has 3 aromatic carbocycles. The van der Waals surface area contributed by atoms with E-state index in [0.717, 1.165) is 16.4 Å². The minimum atomic E-state index is -4.25. The van der Waals surface area contributed by atoms with E-state index in [4.69, 9.17) is 11.6 Å². The van der Waals surface area contributed by atoms with Crippen molar-refractivity contribution in [3.63, 3.8) is 0 Å². The van der Waals surface area contributed by atoms with Gasteiger partial charge < -0.3 is 5.11 Å². The van der Waals surface area contributed by atoms with Gasteiger partial charge in [-0.25, -0.2) is 21.6 Å². The molecule has 0 fully saturated rings. The Bertz CT molecular complexity index is 1350. The van der Waals surface area contributed by atoms with Gasteiger partial charge in [0.15, 0.2) is 0 Å². The molecule has 0 amide bonds. The minimum absolute atomic E-state index is 0.194. The summed E-state index contributed by atoms with van der Waals surface area (Å²) in [5, 5.41) is 10.5. The number of sulfonamides is 1. The van der Waals surface area contributed by atoms with Crippen molar-refractivity contribution in [3.05, 3.63) is 93.8 Å². The second kappa shape index (κ2) is 9.09. The maximum Gasteiger partial charge on any atom is 0.270 e. The number of benzene rings is 3. The summed E-state index contributed by atoms with van der Waals surface area (Å²) < 4.78 is 69.6. The molecular formula is C25H21ClF3NO3S. The molecule has 4 nitrogen and oxygen atoms in total. The SMILES string of the molecule is CC(F)(F)c1cccc(S(=O)(=O)N2C[C@H](O)Cc3ccc(/C=C/c4c(F)cccc4Cl)cc32)c1. The van der Waals surface area contributed by atoms with Crippen LogP contribution in [0.25, 0.3) is 12.2 Å². The van der Waals surface area contributed by atoms with Gasteiger partial charge in [-0.2, -0.15) is 0 Å². The number of alkyl halides is 2. The first-order valence-electron chi connectivity index (χ1n) is 10.4. The van der Waals surface area contributed by atoms with Gasteiger partial charge >= 0.3 is 0 Å². The van der Waals surface area contributed by atoms with E-state index >= 15 is 0 Å². The molecule has 34 heavy (non-hydrogen) atoms. The number of nitrogens with zero attached hydrogens (tertiary/aromatic N) is 1. The Hall–Kier alpha value is -2.81. The smallest absolute Gasteiger partial charge is 0.270 e. The van der Waals surface area contributed by atoms with Crippen LogP contribution in [-0.2, 0) is 22.4 Å². The van der Waals surface area contributed by atoms with Crippen molar-refractivity contribution in [1.29, 1.82) is 0 Å². The highest BCUT2D eigenvalue weighted by atomic mass is 35.5. The maximum atomic E-state index is 14.1. The molecule has 0 aromatic heterocycles. The van der Waals surface area contributed by atoms with Gasteiger partial charge in [0.1, 0.15) is 5.82 Å². The number of anilines is 1. The van der Waals surface area contributed by atoms with E-state index in [9.17, 15) is 26.7 Å². The summed E-state index contributed by atoms with van der Waals surface area (Å²) in [5.41, 5.74) is 1.24. The van der Waals surface area contributed by atoms with Crippen LogP contribution in [0.3, 0.4) is 0 Å². The van der Waals surface area contributed by atoms with Gasteiger partial charge in [0.2, 0.25) is 0 Å². The molecule has 0 saturated heterocycles. The monoisotopic (exact) mass is 507 g/mol. The standard InChI is InChI=1S/C25H21ClF3NO3S/c1-25(28,29)18-4-2-5-20(14-18)34(32,33)30-15-19(31)13-17-10-8-16(12-24(17)30)9-11-21-22(26)6-3-7-23(21)27/h2-12,14,19,31H,13,15H2,1H3/b11-9+/t19-/m1/s1. The van der Waals surface area contributed by atoms with Gasteiger partial charge in [0.05, 0.1) is 28.3 Å². The summed E-state index contributed by atoms with van der Waals surface area (Å²) >= 11 is 6.06. The third-order valence-corrected chi connectivity index (χ3v) is 7.69. The Morgan fingerprint density at radius 2 is 1.82 bits per heavy atom. The highest BCUT2D eigenvalue weighted by Gasteiger charge is 2.34. The van der Waals surface area contributed by atoms with E-state index in [1.807, 2.05) is 0 Å². The fraction of sp³-hybridized carbons (Fsp3) is 0.200. The van der Waals surface area contributed by atoms with Crippen LogP contribution in [0.4, 0.5) is 18.9 Å². The van der Waals surface area contributed by atoms with Crippen molar-refractivity contribution in [2.24, 2.45) is 0 Å². The molecular weight excluding hydrogens is 487 g/mol. The zero-order chi connectivity index (χ0) is 24.7.